The zero-order valence-corrected chi connectivity index (χ0v) is 20.1. The molecule has 0 aliphatic carbocycles. The maximum absolute atomic E-state index is 2.29. The number of rotatable bonds is 6. The molecule has 0 aliphatic rings. The van der Waals surface area contributed by atoms with Crippen molar-refractivity contribution in [2.75, 3.05) is 0 Å². The Morgan fingerprint density at radius 1 is 0.913 bits per heavy atom. The summed E-state index contributed by atoms with van der Waals surface area (Å²) >= 11 is 0. The summed E-state index contributed by atoms with van der Waals surface area (Å²) in [4.78, 5) is 0. The Morgan fingerprint density at radius 3 is 1.96 bits per heavy atom. The molecular weight excluding hydrogens is 490 g/mol. The van der Waals surface area contributed by atoms with Crippen LogP contribution in [0.4, 0.5) is 0 Å². The molecule has 0 saturated carbocycles. The summed E-state index contributed by atoms with van der Waals surface area (Å²) in [5.41, 5.74) is 5.96. The Kier molecular flexibility index (Phi) is 20.7. The van der Waals surface area contributed by atoms with Gasteiger partial charge in [-0.1, -0.05) is 66.2 Å². The molecule has 0 N–H and O–H groups in total. The molecule has 2 rings (SSSR count). The van der Waals surface area contributed by atoms with Gasteiger partial charge < -0.3 is 24.8 Å². The molecule has 0 radical (unpaired) electrons. The number of hydrogen-bond donors (Lipinski definition) is 0. The van der Waals surface area contributed by atoms with E-state index in [1.165, 1.54) is 49.7 Å². The van der Waals surface area contributed by atoms with Gasteiger partial charge in [-0.3, -0.25) is 0 Å². The van der Waals surface area contributed by atoms with Crippen molar-refractivity contribution in [1.82, 2.24) is 0 Å². The molecule has 3 heteroatoms. The third kappa shape index (κ3) is 11.3. The Labute approximate surface area is 174 Å². The summed E-state index contributed by atoms with van der Waals surface area (Å²) in [6.45, 7) is 8.76. The van der Waals surface area contributed by atoms with Crippen molar-refractivity contribution in [2.24, 2.45) is 0 Å². The first kappa shape index (κ1) is 28.0. The van der Waals surface area contributed by atoms with Crippen LogP contribution in [-0.2, 0) is 38.7 Å². The molecule has 0 saturated heterocycles. The van der Waals surface area contributed by atoms with Crippen molar-refractivity contribution < 1.29 is 50.7 Å². The molecule has 0 aliphatic heterocycles. The van der Waals surface area contributed by atoms with Crippen LogP contribution in [0.1, 0.15) is 61.8 Å². The second-order valence-corrected chi connectivity index (χ2v) is 5.68. The summed E-state index contributed by atoms with van der Waals surface area (Å²) in [5, 5.41) is 0. The molecule has 0 unspecified atom stereocenters. The third-order valence-electron chi connectivity index (χ3n) is 3.92. The predicted molar refractivity (Wildman–Crippen MR) is 90.8 cm³/mol. The SMILES string of the molecule is CCCCc1ccc[c-]1CCCC.Cc1ccc[c-]1C.[Cl-].[Cl-].[Hf+4]. The fraction of sp³-hybridized carbons (Fsp3) is 0.500. The van der Waals surface area contributed by atoms with E-state index in [-0.39, 0.29) is 50.7 Å². The number of hydrogen-bond acceptors (Lipinski definition) is 0. The minimum absolute atomic E-state index is 0. The van der Waals surface area contributed by atoms with Crippen molar-refractivity contribution in [2.45, 2.75) is 66.2 Å². The summed E-state index contributed by atoms with van der Waals surface area (Å²) in [6.07, 6.45) is 7.84. The molecule has 0 heterocycles. The molecule has 0 bridgehead atoms. The number of halogens is 2. The van der Waals surface area contributed by atoms with Gasteiger partial charge in [0, 0.05) is 0 Å². The van der Waals surface area contributed by atoms with Crippen LogP contribution in [0.2, 0.25) is 0 Å². The summed E-state index contributed by atoms with van der Waals surface area (Å²) in [6, 6.07) is 13.1. The van der Waals surface area contributed by atoms with E-state index in [9.17, 15) is 0 Å². The van der Waals surface area contributed by atoms with Crippen molar-refractivity contribution in [3.8, 4) is 0 Å². The molecule has 0 fully saturated rings. The number of aryl methyl sites for hydroxylation is 4. The predicted octanol–water partition coefficient (Wildman–Crippen LogP) is 0.119. The first-order valence-electron chi connectivity index (χ1n) is 8.11. The molecule has 2 aromatic rings. The summed E-state index contributed by atoms with van der Waals surface area (Å²) < 4.78 is 0. The summed E-state index contributed by atoms with van der Waals surface area (Å²) in [7, 11) is 0. The van der Waals surface area contributed by atoms with E-state index in [0.29, 0.717) is 0 Å². The second kappa shape index (κ2) is 17.0. The number of unbranched alkanes of at least 4 members (excludes halogenated alkanes) is 2. The van der Waals surface area contributed by atoms with Crippen molar-refractivity contribution in [3.63, 3.8) is 0 Å². The smallest absolute Gasteiger partial charge is 1.00 e. The van der Waals surface area contributed by atoms with Crippen LogP contribution in [-0.4, -0.2) is 0 Å². The average Bonchev–Trinajstić information content (AvgIpc) is 3.04. The fourth-order valence-electron chi connectivity index (χ4n) is 2.32. The van der Waals surface area contributed by atoms with Gasteiger partial charge in [-0.2, -0.15) is 34.4 Å². The van der Waals surface area contributed by atoms with E-state index in [4.69, 9.17) is 0 Å². The zero-order chi connectivity index (χ0) is 14.8. The second-order valence-electron chi connectivity index (χ2n) is 5.68. The maximum Gasteiger partial charge on any atom is 4.00 e. The van der Waals surface area contributed by atoms with Gasteiger partial charge in [0.15, 0.2) is 0 Å². The minimum atomic E-state index is 0. The molecule has 0 atom stereocenters. The standard InChI is InChI=1S/C13H21.C7H9.2ClH.Hf/c1-3-5-8-12-10-7-11-13(12)9-6-4-2;1-6-4-3-5-7(6)2;;;/h7,10-11H,3-6,8-9H2,1-2H3;3-5H,1-2H3;2*1H;/q2*-1;;;+4/p-2. The van der Waals surface area contributed by atoms with Gasteiger partial charge in [-0.25, -0.2) is 24.3 Å². The van der Waals surface area contributed by atoms with Crippen molar-refractivity contribution in [1.29, 1.82) is 0 Å². The van der Waals surface area contributed by atoms with E-state index in [0.717, 1.165) is 0 Å². The van der Waals surface area contributed by atoms with Gasteiger partial charge in [0.25, 0.3) is 0 Å². The normalized spacial score (nSPS) is 8.87. The Hall–Kier alpha value is 0.150. The van der Waals surface area contributed by atoms with Crippen LogP contribution >= 0.6 is 0 Å². The molecule has 2 aromatic carbocycles. The van der Waals surface area contributed by atoms with Gasteiger partial charge in [0.1, 0.15) is 0 Å². The molecular formula is C20H30Cl2Hf. The van der Waals surface area contributed by atoms with E-state index in [1.54, 1.807) is 11.1 Å². The molecule has 0 aromatic heterocycles. The van der Waals surface area contributed by atoms with Crippen molar-refractivity contribution >= 4 is 0 Å². The van der Waals surface area contributed by atoms with Crippen LogP contribution in [0.15, 0.2) is 36.4 Å². The Morgan fingerprint density at radius 2 is 1.52 bits per heavy atom. The third-order valence-corrected chi connectivity index (χ3v) is 3.92. The van der Waals surface area contributed by atoms with Crippen molar-refractivity contribution in [3.05, 3.63) is 58.7 Å². The van der Waals surface area contributed by atoms with Gasteiger partial charge in [-0.05, 0) is 0 Å². The molecule has 0 nitrogen and oxygen atoms in total. The van der Waals surface area contributed by atoms with Crippen LogP contribution in [0, 0.1) is 13.8 Å². The van der Waals surface area contributed by atoms with Gasteiger partial charge in [0.05, 0.1) is 0 Å². The molecule has 0 spiro atoms. The maximum atomic E-state index is 2.29. The minimum Gasteiger partial charge on any atom is -1.00 e. The monoisotopic (exact) mass is 520 g/mol. The Balaban J connectivity index is -0.000000347. The molecule has 128 valence electrons. The fourth-order valence-corrected chi connectivity index (χ4v) is 2.32. The first-order chi connectivity index (χ1) is 9.69. The van der Waals surface area contributed by atoms with E-state index in [2.05, 4.69) is 64.1 Å². The topological polar surface area (TPSA) is 0 Å². The first-order valence-corrected chi connectivity index (χ1v) is 8.11. The summed E-state index contributed by atoms with van der Waals surface area (Å²) in [5.74, 6) is 0. The zero-order valence-electron chi connectivity index (χ0n) is 15.0. The van der Waals surface area contributed by atoms with E-state index in [1.807, 2.05) is 0 Å². The Bertz CT molecular complexity index is 432. The quantitative estimate of drug-likeness (QED) is 0.376. The van der Waals surface area contributed by atoms with Crippen LogP contribution in [0.5, 0.6) is 0 Å². The van der Waals surface area contributed by atoms with Crippen LogP contribution in [0.3, 0.4) is 0 Å². The van der Waals surface area contributed by atoms with E-state index < -0.39 is 0 Å². The van der Waals surface area contributed by atoms with E-state index >= 15 is 0 Å². The van der Waals surface area contributed by atoms with Crippen LogP contribution in [0.25, 0.3) is 0 Å². The largest absolute Gasteiger partial charge is 4.00 e. The average molecular weight is 520 g/mol. The van der Waals surface area contributed by atoms with Gasteiger partial charge >= 0.3 is 25.8 Å². The molecule has 23 heavy (non-hydrogen) atoms. The molecule has 0 amide bonds. The van der Waals surface area contributed by atoms with Crippen LogP contribution < -0.4 is 24.8 Å². The van der Waals surface area contributed by atoms with Gasteiger partial charge in [-0.15, -0.1) is 0 Å². The van der Waals surface area contributed by atoms with Gasteiger partial charge in [0.2, 0.25) is 0 Å².